The second-order valence-corrected chi connectivity index (χ2v) is 10.1. The minimum atomic E-state index is -0.982. The number of hydrazone groups is 1. The van der Waals surface area contributed by atoms with E-state index >= 15 is 0 Å². The van der Waals surface area contributed by atoms with Gasteiger partial charge in [-0.3, -0.25) is 4.79 Å². The highest BCUT2D eigenvalue weighted by Crippen LogP contribution is 2.34. The maximum absolute atomic E-state index is 12.8. The highest BCUT2D eigenvalue weighted by Gasteiger charge is 2.14. The summed E-state index contributed by atoms with van der Waals surface area (Å²) in [6.07, 6.45) is 1.51. The molecule has 9 nitrogen and oxygen atoms in total. The molecule has 0 aliphatic heterocycles. The van der Waals surface area contributed by atoms with Crippen LogP contribution in [0.3, 0.4) is 0 Å². The molecule has 0 aromatic heterocycles. The van der Waals surface area contributed by atoms with Crippen molar-refractivity contribution in [2.75, 3.05) is 13.7 Å². The van der Waals surface area contributed by atoms with E-state index in [-0.39, 0.29) is 12.2 Å². The molecular formula is C32H29IN2O7. The highest BCUT2D eigenvalue weighted by molar-refractivity contribution is 14.1. The highest BCUT2D eigenvalue weighted by atomic mass is 127. The van der Waals surface area contributed by atoms with E-state index in [1.54, 1.807) is 36.4 Å². The van der Waals surface area contributed by atoms with E-state index in [0.717, 1.165) is 14.7 Å². The van der Waals surface area contributed by atoms with Crippen molar-refractivity contribution >= 4 is 40.7 Å². The minimum absolute atomic E-state index is 0.209. The molecule has 0 saturated carbocycles. The second-order valence-electron chi connectivity index (χ2n) is 8.89. The molecule has 0 unspecified atom stereocenters. The fourth-order valence-corrected chi connectivity index (χ4v) is 4.64. The first-order valence-electron chi connectivity index (χ1n) is 13.0. The van der Waals surface area contributed by atoms with Gasteiger partial charge in [-0.05, 0) is 88.7 Å². The monoisotopic (exact) mass is 680 g/mol. The molecule has 216 valence electrons. The van der Waals surface area contributed by atoms with Crippen molar-refractivity contribution < 1.29 is 33.6 Å². The summed E-state index contributed by atoms with van der Waals surface area (Å²) in [5.74, 6) is 0.658. The van der Waals surface area contributed by atoms with Crippen LogP contribution in [0.25, 0.3) is 0 Å². The summed E-state index contributed by atoms with van der Waals surface area (Å²) >= 11 is 2.13. The lowest BCUT2D eigenvalue weighted by Gasteiger charge is -2.14. The van der Waals surface area contributed by atoms with Crippen molar-refractivity contribution in [3.63, 3.8) is 0 Å². The molecule has 4 aromatic rings. The van der Waals surface area contributed by atoms with Gasteiger partial charge < -0.3 is 24.1 Å². The van der Waals surface area contributed by atoms with Crippen molar-refractivity contribution in [3.05, 3.63) is 116 Å². The first-order chi connectivity index (χ1) is 20.4. The van der Waals surface area contributed by atoms with Crippen LogP contribution in [0.15, 0.2) is 90.0 Å². The van der Waals surface area contributed by atoms with E-state index in [1.807, 2.05) is 43.3 Å². The molecule has 0 atom stereocenters. The summed E-state index contributed by atoms with van der Waals surface area (Å²) in [5.41, 5.74) is 5.65. The first-order valence-corrected chi connectivity index (χ1v) is 14.0. The quantitative estimate of drug-likeness (QED) is 0.0966. The van der Waals surface area contributed by atoms with Gasteiger partial charge in [0.1, 0.15) is 13.2 Å². The topological polar surface area (TPSA) is 116 Å². The van der Waals surface area contributed by atoms with Gasteiger partial charge in [-0.2, -0.15) is 5.10 Å². The molecule has 0 aliphatic rings. The summed E-state index contributed by atoms with van der Waals surface area (Å²) in [7, 11) is 1.53. The van der Waals surface area contributed by atoms with Gasteiger partial charge in [0.05, 0.1) is 29.1 Å². The Morgan fingerprint density at radius 3 is 2.21 bits per heavy atom. The first kappa shape index (κ1) is 30.4. The van der Waals surface area contributed by atoms with Crippen LogP contribution in [-0.2, 0) is 13.2 Å². The molecule has 0 saturated heterocycles. The fourth-order valence-electron chi connectivity index (χ4n) is 3.86. The predicted octanol–water partition coefficient (Wildman–Crippen LogP) is 6.32. The number of ether oxygens (including phenoxy) is 4. The molecule has 0 bridgehead atoms. The molecule has 0 radical (unpaired) electrons. The molecule has 0 heterocycles. The average molecular weight is 680 g/mol. The Morgan fingerprint density at radius 1 is 0.833 bits per heavy atom. The Hall–Kier alpha value is -4.58. The lowest BCUT2D eigenvalue weighted by Crippen LogP contribution is -2.17. The third kappa shape index (κ3) is 8.23. The number of methoxy groups -OCH3 is 1. The van der Waals surface area contributed by atoms with Crippen LogP contribution in [0.1, 0.15) is 44.3 Å². The van der Waals surface area contributed by atoms with Gasteiger partial charge >= 0.3 is 5.97 Å². The smallest absolute Gasteiger partial charge is 0.335 e. The molecule has 4 rings (SSSR count). The molecule has 0 spiro atoms. The number of nitrogens with zero attached hydrogens (tertiary/aromatic N) is 1. The lowest BCUT2D eigenvalue weighted by molar-refractivity contribution is 0.0696. The average Bonchev–Trinajstić information content (AvgIpc) is 3.00. The maximum atomic E-state index is 12.8. The predicted molar refractivity (Wildman–Crippen MR) is 167 cm³/mol. The molecule has 2 N–H and O–H groups in total. The number of rotatable bonds is 13. The number of carboxylic acid groups (broad SMARTS) is 1. The van der Waals surface area contributed by atoms with E-state index in [0.29, 0.717) is 47.3 Å². The molecule has 0 fully saturated rings. The largest absolute Gasteiger partial charge is 0.493 e. The van der Waals surface area contributed by atoms with Crippen molar-refractivity contribution in [1.82, 2.24) is 5.43 Å². The molecule has 0 aliphatic carbocycles. The number of halogens is 1. The summed E-state index contributed by atoms with van der Waals surface area (Å²) in [6, 6.07) is 24.8. The van der Waals surface area contributed by atoms with Crippen molar-refractivity contribution in [2.24, 2.45) is 5.10 Å². The Morgan fingerprint density at radius 2 is 1.52 bits per heavy atom. The normalized spacial score (nSPS) is 10.7. The van der Waals surface area contributed by atoms with Crippen molar-refractivity contribution in [1.29, 1.82) is 0 Å². The van der Waals surface area contributed by atoms with E-state index in [1.165, 1.54) is 25.5 Å². The number of carbonyl (C=O) groups excluding carboxylic acids is 1. The molecule has 1 amide bonds. The molecule has 4 aromatic carbocycles. The van der Waals surface area contributed by atoms with Gasteiger partial charge in [0, 0.05) is 5.56 Å². The zero-order chi connectivity index (χ0) is 29.9. The zero-order valence-corrected chi connectivity index (χ0v) is 25.2. The van der Waals surface area contributed by atoms with Crippen LogP contribution in [0, 0.1) is 3.57 Å². The van der Waals surface area contributed by atoms with Gasteiger partial charge in [0.2, 0.25) is 0 Å². The number of aromatic carboxylic acids is 1. The Bertz CT molecular complexity index is 1560. The summed E-state index contributed by atoms with van der Waals surface area (Å²) < 4.78 is 23.9. The number of hydrogen-bond acceptors (Lipinski definition) is 7. The van der Waals surface area contributed by atoms with E-state index in [9.17, 15) is 9.59 Å². The van der Waals surface area contributed by atoms with Gasteiger partial charge in [-0.25, -0.2) is 10.2 Å². The van der Waals surface area contributed by atoms with Gasteiger partial charge in [-0.1, -0.05) is 42.5 Å². The fraction of sp³-hybridized carbons (Fsp3) is 0.156. The van der Waals surface area contributed by atoms with E-state index in [4.69, 9.17) is 24.1 Å². The number of carbonyl (C=O) groups is 2. The number of benzene rings is 4. The van der Waals surface area contributed by atoms with E-state index in [2.05, 4.69) is 33.1 Å². The van der Waals surface area contributed by atoms with Crippen LogP contribution in [0.4, 0.5) is 0 Å². The van der Waals surface area contributed by atoms with Crippen LogP contribution >= 0.6 is 22.6 Å². The van der Waals surface area contributed by atoms with Crippen molar-refractivity contribution in [2.45, 2.75) is 20.1 Å². The van der Waals surface area contributed by atoms with Gasteiger partial charge in [-0.15, -0.1) is 0 Å². The standard InChI is InChI=1S/C32H29IN2O7/c1-3-40-28-17-25(13-14-27(28)41-19-21-7-5-4-6-8-21)31(36)35-34-18-23-15-26(33)30(29(16-23)39-2)42-20-22-9-11-24(12-10-22)32(37)38/h4-18H,3,19-20H2,1-2H3,(H,35,36)(H,37,38)/b34-18+. The van der Waals surface area contributed by atoms with Crippen LogP contribution in [0.2, 0.25) is 0 Å². The Labute approximate surface area is 257 Å². The van der Waals surface area contributed by atoms with Gasteiger partial charge in [0.15, 0.2) is 23.0 Å². The summed E-state index contributed by atoms with van der Waals surface area (Å²) in [6.45, 7) is 2.89. The number of carboxylic acids is 1. The maximum Gasteiger partial charge on any atom is 0.335 e. The van der Waals surface area contributed by atoms with Crippen LogP contribution in [-0.4, -0.2) is 36.9 Å². The lowest BCUT2D eigenvalue weighted by atomic mass is 10.1. The third-order valence-electron chi connectivity index (χ3n) is 5.96. The SMILES string of the molecule is CCOc1cc(C(=O)N/N=C/c2cc(I)c(OCc3ccc(C(=O)O)cc3)c(OC)c2)ccc1OCc1ccccc1. The zero-order valence-electron chi connectivity index (χ0n) is 23.0. The Kier molecular flexibility index (Phi) is 10.8. The second kappa shape index (κ2) is 14.9. The van der Waals surface area contributed by atoms with Crippen LogP contribution in [0.5, 0.6) is 23.0 Å². The van der Waals surface area contributed by atoms with Crippen molar-refractivity contribution in [3.8, 4) is 23.0 Å². The van der Waals surface area contributed by atoms with E-state index < -0.39 is 11.9 Å². The van der Waals surface area contributed by atoms with Gasteiger partial charge in [0.25, 0.3) is 5.91 Å². The molecular weight excluding hydrogens is 651 g/mol. The number of amides is 1. The molecule has 10 heteroatoms. The third-order valence-corrected chi connectivity index (χ3v) is 6.76. The van der Waals surface area contributed by atoms with Crippen LogP contribution < -0.4 is 24.4 Å². The minimum Gasteiger partial charge on any atom is -0.493 e. The number of hydrogen-bond donors (Lipinski definition) is 2. The summed E-state index contributed by atoms with van der Waals surface area (Å²) in [5, 5.41) is 13.2. The number of nitrogens with one attached hydrogen (secondary N) is 1. The summed E-state index contributed by atoms with van der Waals surface area (Å²) in [4.78, 5) is 23.9. The Balaban J connectivity index is 1.39. The molecule has 42 heavy (non-hydrogen) atoms.